The summed E-state index contributed by atoms with van der Waals surface area (Å²) >= 11 is 0. The number of amides is 1. The van der Waals surface area contributed by atoms with E-state index in [0.29, 0.717) is 5.75 Å². The van der Waals surface area contributed by atoms with E-state index < -0.39 is 0 Å². The zero-order valence-corrected chi connectivity index (χ0v) is 8.40. The highest BCUT2D eigenvalue weighted by molar-refractivity contribution is 5.70. The van der Waals surface area contributed by atoms with Crippen LogP contribution in [0.2, 0.25) is 0 Å². The Labute approximate surface area is 88.6 Å². The molecule has 1 aromatic carbocycles. The molecule has 2 N–H and O–H groups in total. The van der Waals surface area contributed by atoms with E-state index in [4.69, 9.17) is 4.74 Å². The minimum atomic E-state index is -0.380. The Hall–Kier alpha value is -1.55. The number of ether oxygens (including phenoxy) is 1. The average Bonchev–Trinajstić information content (AvgIpc) is 2.71. The molecule has 1 aromatic rings. The van der Waals surface area contributed by atoms with E-state index in [2.05, 4.69) is 10.6 Å². The van der Waals surface area contributed by atoms with Gasteiger partial charge in [-0.1, -0.05) is 18.2 Å². The lowest BCUT2D eigenvalue weighted by Crippen LogP contribution is -2.38. The van der Waals surface area contributed by atoms with Crippen LogP contribution in [0.1, 0.15) is 6.42 Å². The van der Waals surface area contributed by atoms with E-state index >= 15 is 0 Å². The average molecular weight is 206 g/mol. The quantitative estimate of drug-likeness (QED) is 0.762. The summed E-state index contributed by atoms with van der Waals surface area (Å²) in [7, 11) is 0. The molecule has 0 aliphatic carbocycles. The van der Waals surface area contributed by atoms with Crippen molar-refractivity contribution >= 4 is 6.09 Å². The van der Waals surface area contributed by atoms with Crippen molar-refractivity contribution in [1.29, 1.82) is 0 Å². The Bertz CT molecular complexity index is 321. The maximum atomic E-state index is 11.4. The van der Waals surface area contributed by atoms with Gasteiger partial charge in [-0.15, -0.1) is 0 Å². The molecule has 0 saturated carbocycles. The van der Waals surface area contributed by atoms with Crippen LogP contribution in [0.25, 0.3) is 0 Å². The first-order valence-corrected chi connectivity index (χ1v) is 5.09. The molecule has 0 bridgehead atoms. The topological polar surface area (TPSA) is 50.4 Å². The van der Waals surface area contributed by atoms with Crippen LogP contribution >= 0.6 is 0 Å². The van der Waals surface area contributed by atoms with Crippen molar-refractivity contribution in [1.82, 2.24) is 10.6 Å². The minimum Gasteiger partial charge on any atom is -0.410 e. The largest absolute Gasteiger partial charge is 0.412 e. The summed E-state index contributed by atoms with van der Waals surface area (Å²) in [6.07, 6.45) is 0.582. The molecule has 1 aliphatic heterocycles. The summed E-state index contributed by atoms with van der Waals surface area (Å²) in [6, 6.07) is 9.26. The lowest BCUT2D eigenvalue weighted by atomic mass is 10.3. The maximum absolute atomic E-state index is 11.4. The zero-order valence-electron chi connectivity index (χ0n) is 8.40. The number of rotatable bonds is 2. The van der Waals surface area contributed by atoms with Crippen molar-refractivity contribution in [2.45, 2.75) is 12.5 Å². The van der Waals surface area contributed by atoms with Gasteiger partial charge in [0.1, 0.15) is 5.75 Å². The van der Waals surface area contributed by atoms with Gasteiger partial charge in [-0.3, -0.25) is 0 Å². The number of hydrogen-bond donors (Lipinski definition) is 2. The second-order valence-electron chi connectivity index (χ2n) is 3.54. The molecule has 2 rings (SSSR count). The van der Waals surface area contributed by atoms with Gasteiger partial charge in [0.15, 0.2) is 0 Å². The monoisotopic (exact) mass is 206 g/mol. The van der Waals surface area contributed by atoms with Gasteiger partial charge in [-0.25, -0.2) is 4.79 Å². The van der Waals surface area contributed by atoms with E-state index in [1.165, 1.54) is 0 Å². The van der Waals surface area contributed by atoms with Crippen LogP contribution in [0.3, 0.4) is 0 Å². The fourth-order valence-corrected chi connectivity index (χ4v) is 1.57. The van der Waals surface area contributed by atoms with Gasteiger partial charge in [0.05, 0.1) is 0 Å². The first-order valence-electron chi connectivity index (χ1n) is 5.09. The van der Waals surface area contributed by atoms with Gasteiger partial charge in [0.25, 0.3) is 0 Å². The first kappa shape index (κ1) is 9.98. The molecule has 1 heterocycles. The van der Waals surface area contributed by atoms with Gasteiger partial charge in [0.2, 0.25) is 0 Å². The fourth-order valence-electron chi connectivity index (χ4n) is 1.57. The summed E-state index contributed by atoms with van der Waals surface area (Å²) in [5.74, 6) is 0.570. The lowest BCUT2D eigenvalue weighted by Gasteiger charge is -2.11. The van der Waals surface area contributed by atoms with Crippen LogP contribution in [-0.2, 0) is 0 Å². The third-order valence-corrected chi connectivity index (χ3v) is 2.34. The molecule has 0 unspecified atom stereocenters. The van der Waals surface area contributed by atoms with Crippen LogP contribution in [0.15, 0.2) is 30.3 Å². The van der Waals surface area contributed by atoms with Crippen molar-refractivity contribution in [3.8, 4) is 5.75 Å². The van der Waals surface area contributed by atoms with Crippen LogP contribution < -0.4 is 15.4 Å². The van der Waals surface area contributed by atoms with E-state index in [1.54, 1.807) is 12.1 Å². The minimum absolute atomic E-state index is 0.196. The number of carbonyl (C=O) groups is 1. The van der Waals surface area contributed by atoms with Crippen LogP contribution in [0.4, 0.5) is 4.79 Å². The number of para-hydroxylation sites is 1. The molecule has 1 atom stereocenters. The molecule has 1 fully saturated rings. The highest BCUT2D eigenvalue weighted by atomic mass is 16.6. The van der Waals surface area contributed by atoms with Crippen molar-refractivity contribution < 1.29 is 9.53 Å². The Morgan fingerprint density at radius 1 is 1.40 bits per heavy atom. The smallest absolute Gasteiger partial charge is 0.410 e. The number of benzene rings is 1. The summed E-state index contributed by atoms with van der Waals surface area (Å²) in [4.78, 5) is 11.4. The molecule has 15 heavy (non-hydrogen) atoms. The second kappa shape index (κ2) is 4.79. The SMILES string of the molecule is O=C(N[C@@H]1CCNC1)Oc1ccccc1. The summed E-state index contributed by atoms with van der Waals surface area (Å²) < 4.78 is 5.10. The molecule has 0 aromatic heterocycles. The number of hydrogen-bond acceptors (Lipinski definition) is 3. The van der Waals surface area contributed by atoms with E-state index in [9.17, 15) is 4.79 Å². The van der Waals surface area contributed by atoms with Gasteiger partial charge in [0, 0.05) is 12.6 Å². The van der Waals surface area contributed by atoms with Crippen molar-refractivity contribution in [2.24, 2.45) is 0 Å². The highest BCUT2D eigenvalue weighted by Crippen LogP contribution is 2.08. The standard InChI is InChI=1S/C11H14N2O2/c14-11(13-9-6-7-12-8-9)15-10-4-2-1-3-5-10/h1-5,9,12H,6-8H2,(H,13,14)/t9-/m1/s1. The molecule has 80 valence electrons. The van der Waals surface area contributed by atoms with Crippen LogP contribution in [0, 0.1) is 0 Å². The summed E-state index contributed by atoms with van der Waals surface area (Å²) in [6.45, 7) is 1.78. The van der Waals surface area contributed by atoms with Crippen molar-refractivity contribution in [2.75, 3.05) is 13.1 Å². The predicted octanol–water partition coefficient (Wildman–Crippen LogP) is 1.14. The predicted molar refractivity (Wildman–Crippen MR) is 56.9 cm³/mol. The van der Waals surface area contributed by atoms with Gasteiger partial charge >= 0.3 is 6.09 Å². The van der Waals surface area contributed by atoms with E-state index in [-0.39, 0.29) is 12.1 Å². The Morgan fingerprint density at radius 2 is 2.20 bits per heavy atom. The Balaban J connectivity index is 1.82. The third-order valence-electron chi connectivity index (χ3n) is 2.34. The Morgan fingerprint density at radius 3 is 2.87 bits per heavy atom. The summed E-state index contributed by atoms with van der Waals surface area (Å²) in [5.41, 5.74) is 0. The van der Waals surface area contributed by atoms with Crippen molar-refractivity contribution in [3.05, 3.63) is 30.3 Å². The van der Waals surface area contributed by atoms with E-state index in [0.717, 1.165) is 19.5 Å². The maximum Gasteiger partial charge on any atom is 0.412 e. The lowest BCUT2D eigenvalue weighted by molar-refractivity contribution is 0.197. The van der Waals surface area contributed by atoms with Crippen LogP contribution in [-0.4, -0.2) is 25.2 Å². The molecule has 1 amide bonds. The molecular weight excluding hydrogens is 192 g/mol. The molecule has 1 aliphatic rings. The second-order valence-corrected chi connectivity index (χ2v) is 3.54. The molecule has 1 saturated heterocycles. The molecule has 0 spiro atoms. The van der Waals surface area contributed by atoms with Gasteiger partial charge in [-0.2, -0.15) is 0 Å². The normalized spacial score (nSPS) is 19.9. The van der Waals surface area contributed by atoms with Crippen LogP contribution in [0.5, 0.6) is 5.75 Å². The zero-order chi connectivity index (χ0) is 10.5. The molecule has 0 radical (unpaired) electrons. The van der Waals surface area contributed by atoms with Gasteiger partial charge in [-0.05, 0) is 25.1 Å². The molecular formula is C11H14N2O2. The summed E-state index contributed by atoms with van der Waals surface area (Å²) in [5, 5.41) is 5.97. The van der Waals surface area contributed by atoms with Crippen molar-refractivity contribution in [3.63, 3.8) is 0 Å². The first-order chi connectivity index (χ1) is 7.34. The highest BCUT2D eigenvalue weighted by Gasteiger charge is 2.17. The molecule has 4 heteroatoms. The number of nitrogens with one attached hydrogen (secondary N) is 2. The fraction of sp³-hybridized carbons (Fsp3) is 0.364. The van der Waals surface area contributed by atoms with Gasteiger partial charge < -0.3 is 15.4 Å². The molecule has 4 nitrogen and oxygen atoms in total. The van der Waals surface area contributed by atoms with E-state index in [1.807, 2.05) is 18.2 Å². The third kappa shape index (κ3) is 2.95. The Kier molecular flexibility index (Phi) is 3.19. The number of carbonyl (C=O) groups excluding carboxylic acids is 1.